The Bertz CT molecular complexity index is 912. The lowest BCUT2D eigenvalue weighted by Crippen LogP contribution is -1.93. The Morgan fingerprint density at radius 2 is 1.07 bits per heavy atom. The van der Waals surface area contributed by atoms with Crippen LogP contribution >= 0.6 is 45.2 Å². The lowest BCUT2D eigenvalue weighted by Gasteiger charge is -2.13. The molecule has 0 aliphatic carbocycles. The molecule has 0 amide bonds. The predicted molar refractivity (Wildman–Crippen MR) is 139 cm³/mol. The van der Waals surface area contributed by atoms with Crippen molar-refractivity contribution in [3.63, 3.8) is 0 Å². The lowest BCUT2D eigenvalue weighted by molar-refractivity contribution is 0.414. The summed E-state index contributed by atoms with van der Waals surface area (Å²) < 4.78 is 13.0. The van der Waals surface area contributed by atoms with E-state index in [1.165, 1.54) is 23.9 Å². The summed E-state index contributed by atoms with van der Waals surface area (Å²) in [4.78, 5) is 0. The lowest BCUT2D eigenvalue weighted by atomic mass is 9.96. The molecule has 0 aromatic heterocycles. The standard InChI is InChI=1S/C25H22I2O2/c1-28-22-12-8-19(9-13-22)24(26)16-21(18-6-4-3-5-7-18)17-25(27)20-10-14-23(29-2)15-11-20/h3-17,21H,1-2H3/b24-16-,25-17-. The Labute approximate surface area is 199 Å². The molecule has 0 bridgehead atoms. The topological polar surface area (TPSA) is 18.5 Å². The second kappa shape index (κ2) is 10.8. The minimum absolute atomic E-state index is 0.166. The fraction of sp³-hybridized carbons (Fsp3) is 0.120. The van der Waals surface area contributed by atoms with E-state index in [2.05, 4.69) is 112 Å². The van der Waals surface area contributed by atoms with E-state index < -0.39 is 0 Å². The number of allylic oxidation sites excluding steroid dienone is 2. The van der Waals surface area contributed by atoms with Gasteiger partial charge in [-0.3, -0.25) is 0 Å². The highest BCUT2D eigenvalue weighted by molar-refractivity contribution is 14.1. The van der Waals surface area contributed by atoms with Crippen LogP contribution in [-0.4, -0.2) is 14.2 Å². The van der Waals surface area contributed by atoms with E-state index in [1.54, 1.807) is 14.2 Å². The highest BCUT2D eigenvalue weighted by atomic mass is 127. The average molecular weight is 608 g/mol. The predicted octanol–water partition coefficient (Wildman–Crippen LogP) is 7.74. The van der Waals surface area contributed by atoms with Gasteiger partial charge in [0.2, 0.25) is 0 Å². The molecule has 0 aliphatic rings. The third-order valence-electron chi connectivity index (χ3n) is 4.57. The maximum atomic E-state index is 5.28. The van der Waals surface area contributed by atoms with Gasteiger partial charge in [0.25, 0.3) is 0 Å². The molecule has 0 fully saturated rings. The molecule has 3 aromatic carbocycles. The van der Waals surface area contributed by atoms with Crippen LogP contribution in [0.1, 0.15) is 22.6 Å². The van der Waals surface area contributed by atoms with Gasteiger partial charge in [-0.25, -0.2) is 0 Å². The van der Waals surface area contributed by atoms with Gasteiger partial charge in [0.05, 0.1) is 14.2 Å². The summed E-state index contributed by atoms with van der Waals surface area (Å²) in [6.45, 7) is 0. The second-order valence-corrected chi connectivity index (χ2v) is 8.75. The van der Waals surface area contributed by atoms with Crippen LogP contribution in [0, 0.1) is 0 Å². The van der Waals surface area contributed by atoms with Crippen LogP contribution in [0.5, 0.6) is 11.5 Å². The molecule has 3 aromatic rings. The zero-order valence-electron chi connectivity index (χ0n) is 16.3. The minimum Gasteiger partial charge on any atom is -0.497 e. The zero-order chi connectivity index (χ0) is 20.6. The number of benzene rings is 3. The molecule has 2 nitrogen and oxygen atoms in total. The third kappa shape index (κ3) is 6.09. The molecular weight excluding hydrogens is 586 g/mol. The van der Waals surface area contributed by atoms with Crippen molar-refractivity contribution >= 4 is 52.3 Å². The Morgan fingerprint density at radius 3 is 1.45 bits per heavy atom. The van der Waals surface area contributed by atoms with Gasteiger partial charge in [0.15, 0.2) is 0 Å². The zero-order valence-corrected chi connectivity index (χ0v) is 20.6. The van der Waals surface area contributed by atoms with Crippen molar-refractivity contribution in [2.75, 3.05) is 14.2 Å². The van der Waals surface area contributed by atoms with Gasteiger partial charge in [-0.2, -0.15) is 0 Å². The van der Waals surface area contributed by atoms with E-state index in [-0.39, 0.29) is 5.92 Å². The van der Waals surface area contributed by atoms with Crippen molar-refractivity contribution in [1.82, 2.24) is 0 Å². The Kier molecular flexibility index (Phi) is 8.18. The van der Waals surface area contributed by atoms with Crippen LogP contribution in [0.25, 0.3) is 7.16 Å². The minimum atomic E-state index is 0.166. The number of hydrogen-bond acceptors (Lipinski definition) is 2. The normalized spacial score (nSPS) is 13.1. The Balaban J connectivity index is 1.95. The molecule has 0 heterocycles. The van der Waals surface area contributed by atoms with Gasteiger partial charge in [-0.05, 0) is 86.1 Å². The maximum absolute atomic E-state index is 5.28. The van der Waals surface area contributed by atoms with Crippen molar-refractivity contribution in [3.05, 3.63) is 108 Å². The number of ether oxygens (including phenoxy) is 2. The van der Waals surface area contributed by atoms with Gasteiger partial charge in [0, 0.05) is 13.1 Å². The first-order chi connectivity index (χ1) is 14.1. The van der Waals surface area contributed by atoms with E-state index in [0.29, 0.717) is 0 Å². The summed E-state index contributed by atoms with van der Waals surface area (Å²) in [5.41, 5.74) is 3.62. The van der Waals surface area contributed by atoms with E-state index in [9.17, 15) is 0 Å². The van der Waals surface area contributed by atoms with Gasteiger partial charge < -0.3 is 9.47 Å². The summed E-state index contributed by atoms with van der Waals surface area (Å²) in [7, 11) is 3.38. The molecule has 29 heavy (non-hydrogen) atoms. The molecular formula is C25H22I2O2. The SMILES string of the molecule is COc1ccc(/C(I)=C/C(/C=C(\I)c2ccc(OC)cc2)c2ccccc2)cc1. The van der Waals surface area contributed by atoms with Crippen LogP contribution < -0.4 is 9.47 Å². The second-order valence-electron chi connectivity index (χ2n) is 6.42. The highest BCUT2D eigenvalue weighted by Crippen LogP contribution is 2.33. The van der Waals surface area contributed by atoms with E-state index >= 15 is 0 Å². The fourth-order valence-electron chi connectivity index (χ4n) is 2.92. The van der Waals surface area contributed by atoms with Crippen LogP contribution in [0.15, 0.2) is 91.0 Å². The van der Waals surface area contributed by atoms with Gasteiger partial charge in [0.1, 0.15) is 11.5 Å². The van der Waals surface area contributed by atoms with Crippen LogP contribution in [-0.2, 0) is 0 Å². The first-order valence-electron chi connectivity index (χ1n) is 9.19. The van der Waals surface area contributed by atoms with Crippen molar-refractivity contribution in [3.8, 4) is 11.5 Å². The maximum Gasteiger partial charge on any atom is 0.118 e. The molecule has 0 spiro atoms. The molecule has 0 saturated heterocycles. The number of rotatable bonds is 7. The molecule has 0 radical (unpaired) electrons. The largest absolute Gasteiger partial charge is 0.497 e. The van der Waals surface area contributed by atoms with Crippen molar-refractivity contribution in [2.45, 2.75) is 5.92 Å². The summed E-state index contributed by atoms with van der Waals surface area (Å²) in [6, 6.07) is 26.9. The molecule has 0 atom stereocenters. The number of hydrogen-bond donors (Lipinski definition) is 0. The monoisotopic (exact) mass is 608 g/mol. The van der Waals surface area contributed by atoms with Crippen molar-refractivity contribution in [1.29, 1.82) is 0 Å². The molecule has 4 heteroatoms. The third-order valence-corrected chi connectivity index (χ3v) is 6.53. The van der Waals surface area contributed by atoms with E-state index in [0.717, 1.165) is 11.5 Å². The number of halogens is 2. The first kappa shape index (κ1) is 21.9. The fourth-order valence-corrected chi connectivity index (χ4v) is 4.42. The Hall–Kier alpha value is -1.80. The molecule has 0 N–H and O–H groups in total. The van der Waals surface area contributed by atoms with Crippen LogP contribution in [0.4, 0.5) is 0 Å². The summed E-state index contributed by atoms with van der Waals surface area (Å²) in [5.74, 6) is 1.90. The quantitative estimate of drug-likeness (QED) is 0.256. The van der Waals surface area contributed by atoms with Crippen LogP contribution in [0.2, 0.25) is 0 Å². The van der Waals surface area contributed by atoms with Gasteiger partial charge in [-0.15, -0.1) is 0 Å². The average Bonchev–Trinajstić information content (AvgIpc) is 2.79. The first-order valence-corrected chi connectivity index (χ1v) is 11.3. The smallest absolute Gasteiger partial charge is 0.118 e. The molecule has 0 aliphatic heterocycles. The number of methoxy groups -OCH3 is 2. The van der Waals surface area contributed by atoms with E-state index in [4.69, 9.17) is 9.47 Å². The van der Waals surface area contributed by atoms with Gasteiger partial charge in [-0.1, -0.05) is 66.7 Å². The summed E-state index contributed by atoms with van der Waals surface area (Å²) >= 11 is 4.83. The molecule has 3 rings (SSSR count). The van der Waals surface area contributed by atoms with Crippen molar-refractivity contribution < 1.29 is 9.47 Å². The molecule has 148 valence electrons. The Morgan fingerprint density at radius 1 is 0.655 bits per heavy atom. The molecule has 0 saturated carbocycles. The molecule has 0 unspecified atom stereocenters. The van der Waals surface area contributed by atoms with Gasteiger partial charge >= 0.3 is 0 Å². The van der Waals surface area contributed by atoms with Crippen LogP contribution in [0.3, 0.4) is 0 Å². The summed E-state index contributed by atoms with van der Waals surface area (Å²) in [6.07, 6.45) is 4.61. The summed E-state index contributed by atoms with van der Waals surface area (Å²) in [5, 5.41) is 0. The highest BCUT2D eigenvalue weighted by Gasteiger charge is 2.10. The van der Waals surface area contributed by atoms with Crippen molar-refractivity contribution in [2.24, 2.45) is 0 Å². The van der Waals surface area contributed by atoms with E-state index in [1.807, 2.05) is 24.3 Å².